The van der Waals surface area contributed by atoms with Crippen LogP contribution in [0, 0.1) is 19.8 Å². The van der Waals surface area contributed by atoms with E-state index in [2.05, 4.69) is 27.8 Å². The molecule has 2 aromatic heterocycles. The van der Waals surface area contributed by atoms with Crippen molar-refractivity contribution in [2.45, 2.75) is 65.5 Å². The molecule has 1 saturated carbocycles. The SMILES string of the molecule is CCn1nc(C)c(C(=O)N2CCCC(c3nccn3CC3CC3)C2)c1C. The van der Waals surface area contributed by atoms with E-state index in [1.54, 1.807) is 0 Å². The maximum atomic E-state index is 13.2. The number of amides is 1. The van der Waals surface area contributed by atoms with Crippen LogP contribution >= 0.6 is 0 Å². The van der Waals surface area contributed by atoms with E-state index in [0.717, 1.165) is 67.7 Å². The number of carbonyl (C=O) groups is 1. The van der Waals surface area contributed by atoms with E-state index in [1.165, 1.54) is 12.8 Å². The predicted octanol–water partition coefficient (Wildman–Crippen LogP) is 3.15. The maximum Gasteiger partial charge on any atom is 0.257 e. The van der Waals surface area contributed by atoms with Crippen molar-refractivity contribution in [2.24, 2.45) is 5.92 Å². The van der Waals surface area contributed by atoms with Crippen LogP contribution in [0.3, 0.4) is 0 Å². The minimum absolute atomic E-state index is 0.129. The van der Waals surface area contributed by atoms with Crippen LogP contribution in [-0.4, -0.2) is 43.2 Å². The quantitative estimate of drug-likeness (QED) is 0.828. The molecule has 1 unspecified atom stereocenters. The zero-order valence-corrected chi connectivity index (χ0v) is 16.1. The van der Waals surface area contributed by atoms with Crippen LogP contribution in [0.25, 0.3) is 0 Å². The largest absolute Gasteiger partial charge is 0.338 e. The molecule has 2 fully saturated rings. The van der Waals surface area contributed by atoms with Crippen LogP contribution in [0.15, 0.2) is 12.4 Å². The zero-order chi connectivity index (χ0) is 18.3. The van der Waals surface area contributed by atoms with Crippen molar-refractivity contribution in [3.8, 4) is 0 Å². The topological polar surface area (TPSA) is 56.0 Å². The van der Waals surface area contributed by atoms with Crippen molar-refractivity contribution < 1.29 is 4.79 Å². The summed E-state index contributed by atoms with van der Waals surface area (Å²) in [4.78, 5) is 19.9. The average molecular weight is 355 g/mol. The molecule has 0 spiro atoms. The zero-order valence-electron chi connectivity index (χ0n) is 16.1. The first-order valence-corrected chi connectivity index (χ1v) is 9.92. The monoisotopic (exact) mass is 355 g/mol. The van der Waals surface area contributed by atoms with Crippen LogP contribution in [-0.2, 0) is 13.1 Å². The number of likely N-dealkylation sites (tertiary alicyclic amines) is 1. The fourth-order valence-electron chi connectivity index (χ4n) is 4.26. The highest BCUT2D eigenvalue weighted by atomic mass is 16.2. The molecular formula is C20H29N5O. The molecule has 1 aliphatic carbocycles. The van der Waals surface area contributed by atoms with Gasteiger partial charge in [0.15, 0.2) is 0 Å². The van der Waals surface area contributed by atoms with Crippen LogP contribution in [0.4, 0.5) is 0 Å². The van der Waals surface area contributed by atoms with E-state index in [1.807, 2.05) is 29.6 Å². The third kappa shape index (κ3) is 3.17. The third-order valence-corrected chi connectivity index (χ3v) is 5.87. The van der Waals surface area contributed by atoms with Crippen molar-refractivity contribution >= 4 is 5.91 Å². The van der Waals surface area contributed by atoms with Gasteiger partial charge in [0, 0.05) is 50.2 Å². The Morgan fingerprint density at radius 3 is 2.77 bits per heavy atom. The van der Waals surface area contributed by atoms with Gasteiger partial charge in [-0.25, -0.2) is 4.98 Å². The summed E-state index contributed by atoms with van der Waals surface area (Å²) in [6.45, 7) is 9.47. The summed E-state index contributed by atoms with van der Waals surface area (Å²) in [7, 11) is 0. The smallest absolute Gasteiger partial charge is 0.257 e. The molecule has 1 atom stereocenters. The molecule has 0 N–H and O–H groups in total. The van der Waals surface area contributed by atoms with Crippen molar-refractivity contribution in [2.75, 3.05) is 13.1 Å². The molecule has 4 rings (SSSR count). The second-order valence-electron chi connectivity index (χ2n) is 7.83. The molecule has 1 saturated heterocycles. The van der Waals surface area contributed by atoms with Crippen LogP contribution in [0.5, 0.6) is 0 Å². The molecule has 1 amide bonds. The highest BCUT2D eigenvalue weighted by molar-refractivity contribution is 5.96. The Labute approximate surface area is 155 Å². The van der Waals surface area contributed by atoms with Crippen LogP contribution in [0.1, 0.15) is 66.1 Å². The summed E-state index contributed by atoms with van der Waals surface area (Å²) in [6, 6.07) is 0. The lowest BCUT2D eigenvalue weighted by atomic mass is 9.96. The first-order valence-electron chi connectivity index (χ1n) is 9.92. The second-order valence-corrected chi connectivity index (χ2v) is 7.83. The predicted molar refractivity (Wildman–Crippen MR) is 100 cm³/mol. The van der Waals surface area contributed by atoms with Gasteiger partial charge in [0.2, 0.25) is 0 Å². The Morgan fingerprint density at radius 2 is 2.08 bits per heavy atom. The van der Waals surface area contributed by atoms with Crippen molar-refractivity contribution in [1.82, 2.24) is 24.2 Å². The molecule has 6 nitrogen and oxygen atoms in total. The highest BCUT2D eigenvalue weighted by Gasteiger charge is 2.31. The molecule has 140 valence electrons. The van der Waals surface area contributed by atoms with E-state index in [0.29, 0.717) is 5.92 Å². The molecule has 2 aromatic rings. The molecule has 3 heterocycles. The Morgan fingerprint density at radius 1 is 1.27 bits per heavy atom. The van der Waals surface area contributed by atoms with E-state index < -0.39 is 0 Å². The number of aryl methyl sites for hydroxylation is 2. The first kappa shape index (κ1) is 17.3. The van der Waals surface area contributed by atoms with Gasteiger partial charge in [-0.3, -0.25) is 9.48 Å². The van der Waals surface area contributed by atoms with E-state index in [9.17, 15) is 4.79 Å². The molecule has 0 aromatic carbocycles. The maximum absolute atomic E-state index is 13.2. The Hall–Kier alpha value is -2.11. The Balaban J connectivity index is 1.53. The number of aromatic nitrogens is 4. The Bertz CT molecular complexity index is 801. The van der Waals surface area contributed by atoms with Gasteiger partial charge in [-0.15, -0.1) is 0 Å². The van der Waals surface area contributed by atoms with E-state index in [4.69, 9.17) is 0 Å². The molecule has 0 radical (unpaired) electrons. The van der Waals surface area contributed by atoms with Crippen molar-refractivity contribution in [3.05, 3.63) is 35.2 Å². The number of carbonyl (C=O) groups excluding carboxylic acids is 1. The normalized spacial score (nSPS) is 20.6. The minimum atomic E-state index is 0.129. The lowest BCUT2D eigenvalue weighted by Gasteiger charge is -2.33. The van der Waals surface area contributed by atoms with Gasteiger partial charge >= 0.3 is 0 Å². The highest BCUT2D eigenvalue weighted by Crippen LogP contribution is 2.33. The lowest BCUT2D eigenvalue weighted by Crippen LogP contribution is -2.40. The number of hydrogen-bond donors (Lipinski definition) is 0. The fraction of sp³-hybridized carbons (Fsp3) is 0.650. The summed E-state index contributed by atoms with van der Waals surface area (Å²) >= 11 is 0. The lowest BCUT2D eigenvalue weighted by molar-refractivity contribution is 0.0701. The number of rotatable bonds is 5. The van der Waals surface area contributed by atoms with Crippen LogP contribution < -0.4 is 0 Å². The molecular weight excluding hydrogens is 326 g/mol. The summed E-state index contributed by atoms with van der Waals surface area (Å²) in [5.74, 6) is 2.45. The molecule has 2 aliphatic rings. The minimum Gasteiger partial charge on any atom is -0.338 e. The molecule has 1 aliphatic heterocycles. The summed E-state index contributed by atoms with van der Waals surface area (Å²) < 4.78 is 4.24. The summed E-state index contributed by atoms with van der Waals surface area (Å²) in [5.41, 5.74) is 2.60. The third-order valence-electron chi connectivity index (χ3n) is 5.87. The van der Waals surface area contributed by atoms with Gasteiger partial charge in [-0.05, 0) is 52.4 Å². The number of hydrogen-bond acceptors (Lipinski definition) is 3. The Kier molecular flexibility index (Phi) is 4.59. The van der Waals surface area contributed by atoms with Crippen molar-refractivity contribution in [3.63, 3.8) is 0 Å². The van der Waals surface area contributed by atoms with Crippen LogP contribution in [0.2, 0.25) is 0 Å². The van der Waals surface area contributed by atoms with Gasteiger partial charge in [-0.2, -0.15) is 5.10 Å². The van der Waals surface area contributed by atoms with E-state index >= 15 is 0 Å². The fourth-order valence-corrected chi connectivity index (χ4v) is 4.26. The molecule has 26 heavy (non-hydrogen) atoms. The van der Waals surface area contributed by atoms with Gasteiger partial charge in [0.05, 0.1) is 11.3 Å². The van der Waals surface area contributed by atoms with Gasteiger partial charge in [0.25, 0.3) is 5.91 Å². The average Bonchev–Trinajstić information content (AvgIpc) is 3.25. The number of piperidine rings is 1. The number of imidazole rings is 1. The van der Waals surface area contributed by atoms with E-state index in [-0.39, 0.29) is 5.91 Å². The first-order chi connectivity index (χ1) is 12.6. The second kappa shape index (κ2) is 6.89. The molecule has 6 heteroatoms. The summed E-state index contributed by atoms with van der Waals surface area (Å²) in [5, 5.41) is 4.52. The van der Waals surface area contributed by atoms with Gasteiger partial charge in [-0.1, -0.05) is 0 Å². The summed E-state index contributed by atoms with van der Waals surface area (Å²) in [6.07, 6.45) is 8.84. The van der Waals surface area contributed by atoms with Gasteiger partial charge < -0.3 is 9.47 Å². The molecule has 0 bridgehead atoms. The number of nitrogens with zero attached hydrogens (tertiary/aromatic N) is 5. The van der Waals surface area contributed by atoms with Crippen molar-refractivity contribution in [1.29, 1.82) is 0 Å². The van der Waals surface area contributed by atoms with Gasteiger partial charge in [0.1, 0.15) is 5.82 Å². The standard InChI is InChI=1S/C20H29N5O/c1-4-25-15(3)18(14(2)22-25)20(26)24-10-5-6-17(13-24)19-21-9-11-23(19)12-16-7-8-16/h9,11,16-17H,4-8,10,12-13H2,1-3H3.